The van der Waals surface area contributed by atoms with Gasteiger partial charge in [0, 0.05) is 29.1 Å². The average molecular weight is 284 g/mol. The van der Waals surface area contributed by atoms with Crippen LogP contribution in [0.15, 0.2) is 24.5 Å². The number of nitrogens with zero attached hydrogens (tertiary/aromatic N) is 2. The van der Waals surface area contributed by atoms with Crippen LogP contribution in [0.3, 0.4) is 0 Å². The summed E-state index contributed by atoms with van der Waals surface area (Å²) in [6, 6.07) is 5.99. The highest BCUT2D eigenvalue weighted by atomic mass is 35.5. The molecule has 0 saturated carbocycles. The van der Waals surface area contributed by atoms with Crippen molar-refractivity contribution >= 4 is 22.9 Å². The summed E-state index contributed by atoms with van der Waals surface area (Å²) in [5.41, 5.74) is 0.936. The monoisotopic (exact) mass is 283 g/mol. The summed E-state index contributed by atoms with van der Waals surface area (Å²) in [6.07, 6.45) is 2.29. The first-order valence-electron chi connectivity index (χ1n) is 5.50. The Morgan fingerprint density at radius 3 is 2.89 bits per heavy atom. The molecule has 96 valence electrons. The molecule has 0 aliphatic rings. The van der Waals surface area contributed by atoms with Crippen molar-refractivity contribution in [3.05, 3.63) is 39.4 Å². The minimum atomic E-state index is 0.196. The Labute approximate surface area is 115 Å². The first-order chi connectivity index (χ1) is 8.72. The molecule has 1 N–H and O–H groups in total. The average Bonchev–Trinajstić information content (AvgIpc) is 2.82. The predicted octanol–water partition coefficient (Wildman–Crippen LogP) is 2.70. The van der Waals surface area contributed by atoms with Crippen LogP contribution in [-0.4, -0.2) is 24.1 Å². The zero-order valence-corrected chi connectivity index (χ0v) is 11.8. The highest BCUT2D eigenvalue weighted by molar-refractivity contribution is 7.16. The predicted molar refractivity (Wildman–Crippen MR) is 73.4 cm³/mol. The fraction of sp³-hybridized carbons (Fsp3) is 0.333. The van der Waals surface area contributed by atoms with Gasteiger partial charge in [-0.05, 0) is 19.2 Å². The number of halogens is 1. The zero-order chi connectivity index (χ0) is 13.0. The van der Waals surface area contributed by atoms with Gasteiger partial charge in [-0.25, -0.2) is 9.97 Å². The van der Waals surface area contributed by atoms with Gasteiger partial charge in [0.15, 0.2) is 0 Å². The van der Waals surface area contributed by atoms with E-state index in [1.807, 2.05) is 25.2 Å². The molecular weight excluding hydrogens is 270 g/mol. The lowest BCUT2D eigenvalue weighted by molar-refractivity contribution is 0.395. The lowest BCUT2D eigenvalue weighted by atomic mass is 10.1. The summed E-state index contributed by atoms with van der Waals surface area (Å²) < 4.78 is 5.89. The van der Waals surface area contributed by atoms with E-state index >= 15 is 0 Å². The largest absolute Gasteiger partial charge is 0.481 e. The van der Waals surface area contributed by atoms with E-state index in [1.165, 1.54) is 11.2 Å². The molecule has 4 nitrogen and oxygen atoms in total. The van der Waals surface area contributed by atoms with Crippen LogP contribution in [0.1, 0.15) is 16.6 Å². The summed E-state index contributed by atoms with van der Waals surface area (Å²) >= 11 is 7.54. The Morgan fingerprint density at radius 1 is 1.44 bits per heavy atom. The van der Waals surface area contributed by atoms with Crippen molar-refractivity contribution in [2.75, 3.05) is 14.2 Å². The first-order valence-corrected chi connectivity index (χ1v) is 6.69. The van der Waals surface area contributed by atoms with Crippen molar-refractivity contribution in [3.63, 3.8) is 0 Å². The van der Waals surface area contributed by atoms with E-state index in [9.17, 15) is 0 Å². The minimum Gasteiger partial charge on any atom is -0.481 e. The van der Waals surface area contributed by atoms with Gasteiger partial charge in [-0.15, -0.1) is 11.3 Å². The normalized spacial score (nSPS) is 12.4. The number of nitrogens with one attached hydrogen (secondary N) is 1. The van der Waals surface area contributed by atoms with E-state index < -0.39 is 0 Å². The van der Waals surface area contributed by atoms with Gasteiger partial charge in [0.2, 0.25) is 5.88 Å². The third-order valence-corrected chi connectivity index (χ3v) is 3.95. The Hall–Kier alpha value is -1.17. The second-order valence-electron chi connectivity index (χ2n) is 3.74. The molecular formula is C12H14ClN3OS. The van der Waals surface area contributed by atoms with Gasteiger partial charge in [0.05, 0.1) is 11.4 Å². The zero-order valence-electron chi connectivity index (χ0n) is 10.2. The van der Waals surface area contributed by atoms with Crippen LogP contribution in [-0.2, 0) is 6.42 Å². The second kappa shape index (κ2) is 6.13. The number of hydrogen-bond donors (Lipinski definition) is 1. The van der Waals surface area contributed by atoms with Crippen molar-refractivity contribution < 1.29 is 4.74 Å². The molecule has 6 heteroatoms. The van der Waals surface area contributed by atoms with Crippen LogP contribution in [0.25, 0.3) is 0 Å². The van der Waals surface area contributed by atoms with E-state index in [0.717, 1.165) is 16.5 Å². The number of likely N-dealkylation sites (N-methyl/N-ethyl adjacent to an activating group) is 1. The minimum absolute atomic E-state index is 0.196. The van der Waals surface area contributed by atoms with E-state index in [2.05, 4.69) is 15.3 Å². The molecule has 2 aromatic heterocycles. The van der Waals surface area contributed by atoms with E-state index in [-0.39, 0.29) is 6.04 Å². The standard InChI is InChI=1S/C12H14ClN3OS/c1-14-9(10-3-4-11(13)18-10)5-8-6-12(17-2)16-7-15-8/h3-4,6-7,9,14H,5H2,1-2H3. The lowest BCUT2D eigenvalue weighted by Crippen LogP contribution is -2.18. The van der Waals surface area contributed by atoms with Crippen molar-refractivity contribution in [2.24, 2.45) is 0 Å². The van der Waals surface area contributed by atoms with E-state index in [1.54, 1.807) is 18.4 Å². The molecule has 2 rings (SSSR count). The van der Waals surface area contributed by atoms with Gasteiger partial charge in [-0.1, -0.05) is 11.6 Å². The van der Waals surface area contributed by atoms with Gasteiger partial charge in [0.25, 0.3) is 0 Å². The molecule has 0 spiro atoms. The van der Waals surface area contributed by atoms with Gasteiger partial charge in [-0.3, -0.25) is 0 Å². The van der Waals surface area contributed by atoms with Crippen LogP contribution in [0.4, 0.5) is 0 Å². The number of methoxy groups -OCH3 is 1. The van der Waals surface area contributed by atoms with Gasteiger partial charge < -0.3 is 10.1 Å². The number of thiophene rings is 1. The van der Waals surface area contributed by atoms with Crippen LogP contribution >= 0.6 is 22.9 Å². The smallest absolute Gasteiger partial charge is 0.216 e. The maximum Gasteiger partial charge on any atom is 0.216 e. The molecule has 0 aromatic carbocycles. The Balaban J connectivity index is 2.14. The molecule has 2 heterocycles. The Morgan fingerprint density at radius 2 is 2.28 bits per heavy atom. The molecule has 18 heavy (non-hydrogen) atoms. The fourth-order valence-corrected chi connectivity index (χ4v) is 2.84. The summed E-state index contributed by atoms with van der Waals surface area (Å²) in [4.78, 5) is 9.44. The molecule has 0 bridgehead atoms. The molecule has 0 fully saturated rings. The van der Waals surface area contributed by atoms with Crippen LogP contribution in [0.2, 0.25) is 4.34 Å². The highest BCUT2D eigenvalue weighted by Crippen LogP contribution is 2.28. The Kier molecular flexibility index (Phi) is 4.52. The third-order valence-electron chi connectivity index (χ3n) is 2.61. The maximum atomic E-state index is 5.96. The van der Waals surface area contributed by atoms with Gasteiger partial charge in [0.1, 0.15) is 6.33 Å². The summed E-state index contributed by atoms with van der Waals surface area (Å²) in [5.74, 6) is 0.582. The topological polar surface area (TPSA) is 47.0 Å². The van der Waals surface area contributed by atoms with Crippen LogP contribution in [0.5, 0.6) is 5.88 Å². The van der Waals surface area contributed by atoms with Crippen molar-refractivity contribution in [2.45, 2.75) is 12.5 Å². The highest BCUT2D eigenvalue weighted by Gasteiger charge is 2.13. The first kappa shape index (κ1) is 13.3. The molecule has 0 aliphatic heterocycles. The fourth-order valence-electron chi connectivity index (χ4n) is 1.67. The number of rotatable bonds is 5. The summed E-state index contributed by atoms with van der Waals surface area (Å²) in [6.45, 7) is 0. The lowest BCUT2D eigenvalue weighted by Gasteiger charge is -2.14. The molecule has 1 unspecified atom stereocenters. The third kappa shape index (κ3) is 3.19. The van der Waals surface area contributed by atoms with Crippen LogP contribution in [0, 0.1) is 0 Å². The van der Waals surface area contributed by atoms with Crippen molar-refractivity contribution in [3.8, 4) is 5.88 Å². The number of hydrogen-bond acceptors (Lipinski definition) is 5. The molecule has 0 radical (unpaired) electrons. The van der Waals surface area contributed by atoms with E-state index in [0.29, 0.717) is 5.88 Å². The van der Waals surface area contributed by atoms with Crippen molar-refractivity contribution in [1.82, 2.24) is 15.3 Å². The van der Waals surface area contributed by atoms with Gasteiger partial charge in [-0.2, -0.15) is 0 Å². The maximum absolute atomic E-state index is 5.96. The quantitative estimate of drug-likeness (QED) is 0.916. The molecule has 0 amide bonds. The summed E-state index contributed by atoms with van der Waals surface area (Å²) in [5, 5.41) is 3.27. The molecule has 0 saturated heterocycles. The van der Waals surface area contributed by atoms with Gasteiger partial charge >= 0.3 is 0 Å². The number of aromatic nitrogens is 2. The molecule has 2 aromatic rings. The second-order valence-corrected chi connectivity index (χ2v) is 5.49. The summed E-state index contributed by atoms with van der Waals surface area (Å²) in [7, 11) is 3.53. The SMILES string of the molecule is CNC(Cc1cc(OC)ncn1)c1ccc(Cl)s1. The molecule has 0 aliphatic carbocycles. The van der Waals surface area contributed by atoms with Crippen molar-refractivity contribution in [1.29, 1.82) is 0 Å². The van der Waals surface area contributed by atoms with E-state index in [4.69, 9.17) is 16.3 Å². The number of ether oxygens (including phenoxy) is 1. The van der Waals surface area contributed by atoms with Crippen LogP contribution < -0.4 is 10.1 Å². The Bertz CT molecular complexity index is 518. The molecule has 1 atom stereocenters.